The van der Waals surface area contributed by atoms with E-state index < -0.39 is 12.1 Å². The van der Waals surface area contributed by atoms with Crippen LogP contribution in [0.3, 0.4) is 0 Å². The molecule has 3 aromatic rings. The number of ether oxygens (including phenoxy) is 2. The normalized spacial score (nSPS) is 20.7. The molecule has 42 heavy (non-hydrogen) atoms. The first-order chi connectivity index (χ1) is 20.5. The highest BCUT2D eigenvalue weighted by Crippen LogP contribution is 2.37. The molecule has 2 aliphatic heterocycles. The lowest BCUT2D eigenvalue weighted by Crippen LogP contribution is -2.48. The van der Waals surface area contributed by atoms with Gasteiger partial charge in [-0.15, -0.1) is 23.1 Å². The van der Waals surface area contributed by atoms with Crippen molar-refractivity contribution in [2.45, 2.75) is 56.2 Å². The summed E-state index contributed by atoms with van der Waals surface area (Å²) in [6.45, 7) is 1.61. The standard InChI is InChI=1S/C31H34N4O5S2/c36-28(32-24-10-11-24)23-8-6-22(7-9-23)25-18-42-30(33-25)34-29(37)26-19-41-27(16-20-12-14-39-15-13-20)35(26)31(38)40-17-21-4-2-1-3-5-21/h1-9,18,20,24,26-27H,10-17,19H2,(H,32,36)(H,33,34,37)/t26?,27-/m1/s1. The van der Waals surface area contributed by atoms with E-state index in [-0.39, 0.29) is 23.8 Å². The van der Waals surface area contributed by atoms with E-state index >= 15 is 0 Å². The number of aromatic nitrogens is 1. The van der Waals surface area contributed by atoms with Crippen LogP contribution in [-0.2, 0) is 20.9 Å². The van der Waals surface area contributed by atoms with Gasteiger partial charge >= 0.3 is 6.09 Å². The van der Waals surface area contributed by atoms with Gasteiger partial charge < -0.3 is 20.1 Å². The minimum atomic E-state index is -0.667. The highest BCUT2D eigenvalue weighted by Gasteiger charge is 2.43. The van der Waals surface area contributed by atoms with Gasteiger partial charge in [-0.1, -0.05) is 42.5 Å². The molecule has 1 aromatic heterocycles. The summed E-state index contributed by atoms with van der Waals surface area (Å²) < 4.78 is 11.2. The minimum Gasteiger partial charge on any atom is -0.445 e. The maximum absolute atomic E-state index is 13.5. The number of hydrogen-bond donors (Lipinski definition) is 2. The number of thiazole rings is 1. The lowest BCUT2D eigenvalue weighted by atomic mass is 9.96. The zero-order valence-corrected chi connectivity index (χ0v) is 24.8. The van der Waals surface area contributed by atoms with Crippen LogP contribution >= 0.6 is 23.1 Å². The lowest BCUT2D eigenvalue weighted by Gasteiger charge is -2.31. The van der Waals surface area contributed by atoms with Gasteiger partial charge in [0.2, 0.25) is 5.91 Å². The van der Waals surface area contributed by atoms with Gasteiger partial charge in [0.1, 0.15) is 12.6 Å². The molecule has 1 saturated carbocycles. The summed E-state index contributed by atoms with van der Waals surface area (Å²) in [6.07, 6.45) is 4.31. The number of nitrogens with one attached hydrogen (secondary N) is 2. The number of benzene rings is 2. The second kappa shape index (κ2) is 13.3. The Morgan fingerprint density at radius 3 is 2.50 bits per heavy atom. The van der Waals surface area contributed by atoms with Crippen LogP contribution in [-0.4, -0.2) is 64.2 Å². The Hall–Kier alpha value is -3.41. The Balaban J connectivity index is 1.11. The Bertz CT molecular complexity index is 1390. The predicted molar refractivity (Wildman–Crippen MR) is 163 cm³/mol. The molecule has 1 unspecified atom stereocenters. The molecule has 0 bridgehead atoms. The van der Waals surface area contributed by atoms with Crippen LogP contribution in [0.4, 0.5) is 9.93 Å². The number of hydrogen-bond acceptors (Lipinski definition) is 8. The molecule has 0 radical (unpaired) electrons. The maximum atomic E-state index is 13.5. The summed E-state index contributed by atoms with van der Waals surface area (Å²) in [6, 6.07) is 16.5. The van der Waals surface area contributed by atoms with E-state index in [1.807, 2.05) is 47.8 Å². The van der Waals surface area contributed by atoms with Crippen LogP contribution in [0.5, 0.6) is 0 Å². The van der Waals surface area contributed by atoms with E-state index in [0.717, 1.165) is 56.4 Å². The van der Waals surface area contributed by atoms with Gasteiger partial charge in [0.25, 0.3) is 5.91 Å². The van der Waals surface area contributed by atoms with Crippen molar-refractivity contribution in [1.29, 1.82) is 0 Å². The molecule has 2 atom stereocenters. The van der Waals surface area contributed by atoms with E-state index in [9.17, 15) is 14.4 Å². The second-order valence-electron chi connectivity index (χ2n) is 10.9. The first-order valence-electron chi connectivity index (χ1n) is 14.4. The van der Waals surface area contributed by atoms with E-state index in [1.165, 1.54) is 11.3 Å². The average Bonchev–Trinajstić information content (AvgIpc) is 3.54. The predicted octanol–water partition coefficient (Wildman–Crippen LogP) is 5.54. The van der Waals surface area contributed by atoms with Crippen molar-refractivity contribution in [3.63, 3.8) is 0 Å². The lowest BCUT2D eigenvalue weighted by molar-refractivity contribution is -0.120. The van der Waals surface area contributed by atoms with E-state index in [0.29, 0.717) is 34.1 Å². The third kappa shape index (κ3) is 7.14. The van der Waals surface area contributed by atoms with E-state index in [4.69, 9.17) is 9.47 Å². The van der Waals surface area contributed by atoms with Crippen molar-refractivity contribution in [2.75, 3.05) is 24.3 Å². The Kier molecular flexibility index (Phi) is 9.07. The van der Waals surface area contributed by atoms with Crippen LogP contribution in [0, 0.1) is 5.92 Å². The summed E-state index contributed by atoms with van der Waals surface area (Å²) in [4.78, 5) is 45.5. The van der Waals surface area contributed by atoms with Gasteiger partial charge in [0.05, 0.1) is 11.1 Å². The molecule has 3 amide bonds. The molecule has 220 valence electrons. The van der Waals surface area contributed by atoms with E-state index in [1.54, 1.807) is 28.8 Å². The molecule has 3 heterocycles. The van der Waals surface area contributed by atoms with Gasteiger partial charge in [-0.2, -0.15) is 0 Å². The van der Waals surface area contributed by atoms with Crippen LogP contribution in [0.15, 0.2) is 60.0 Å². The number of anilines is 1. The SMILES string of the molecule is O=C(NC1CC1)c1ccc(-c2csc(NC(=O)C3CS[C@H](CC4CCOCC4)N3C(=O)OCc3ccccc3)n2)cc1. The zero-order chi connectivity index (χ0) is 28.9. The average molecular weight is 607 g/mol. The first-order valence-corrected chi connectivity index (χ1v) is 16.3. The Labute approximate surface area is 253 Å². The van der Waals surface area contributed by atoms with Gasteiger partial charge in [0.15, 0.2) is 5.13 Å². The summed E-state index contributed by atoms with van der Waals surface area (Å²) in [5.41, 5.74) is 3.07. The first kappa shape index (κ1) is 28.7. The van der Waals surface area contributed by atoms with Gasteiger partial charge in [-0.05, 0) is 55.7 Å². The van der Waals surface area contributed by atoms with Crippen molar-refractivity contribution < 1.29 is 23.9 Å². The van der Waals surface area contributed by atoms with Crippen molar-refractivity contribution in [2.24, 2.45) is 5.92 Å². The highest BCUT2D eigenvalue weighted by molar-refractivity contribution is 8.00. The van der Waals surface area contributed by atoms with Crippen LogP contribution in [0.25, 0.3) is 11.3 Å². The fraction of sp³-hybridized carbons (Fsp3) is 0.419. The summed E-state index contributed by atoms with van der Waals surface area (Å²) in [7, 11) is 0. The van der Waals surface area contributed by atoms with Crippen molar-refractivity contribution in [1.82, 2.24) is 15.2 Å². The molecule has 11 heteroatoms. The fourth-order valence-electron chi connectivity index (χ4n) is 5.19. The number of amides is 3. The van der Waals surface area contributed by atoms with Crippen LogP contribution < -0.4 is 10.6 Å². The quantitative estimate of drug-likeness (QED) is 0.329. The molecule has 2 N–H and O–H groups in total. The summed E-state index contributed by atoms with van der Waals surface area (Å²) >= 11 is 2.96. The molecule has 2 saturated heterocycles. The molecule has 1 aliphatic carbocycles. The number of rotatable bonds is 9. The van der Waals surface area contributed by atoms with Gasteiger partial charge in [-0.25, -0.2) is 9.78 Å². The topological polar surface area (TPSA) is 110 Å². The van der Waals surface area contributed by atoms with Crippen molar-refractivity contribution in [3.8, 4) is 11.3 Å². The monoisotopic (exact) mass is 606 g/mol. The number of carbonyl (C=O) groups excluding carboxylic acids is 3. The molecular formula is C31H34N4O5S2. The Morgan fingerprint density at radius 1 is 1.00 bits per heavy atom. The number of carbonyl (C=O) groups is 3. The molecule has 2 aromatic carbocycles. The maximum Gasteiger partial charge on any atom is 0.411 e. The largest absolute Gasteiger partial charge is 0.445 e. The van der Waals surface area contributed by atoms with Crippen LogP contribution in [0.2, 0.25) is 0 Å². The highest BCUT2D eigenvalue weighted by atomic mass is 32.2. The summed E-state index contributed by atoms with van der Waals surface area (Å²) in [5.74, 6) is 0.589. The van der Waals surface area contributed by atoms with Crippen LogP contribution in [0.1, 0.15) is 48.0 Å². The Morgan fingerprint density at radius 2 is 1.76 bits per heavy atom. The third-order valence-electron chi connectivity index (χ3n) is 7.78. The smallest absolute Gasteiger partial charge is 0.411 e. The van der Waals surface area contributed by atoms with Gasteiger partial charge in [0, 0.05) is 41.5 Å². The number of thioether (sulfide) groups is 1. The minimum absolute atomic E-state index is 0.0633. The molecule has 6 rings (SSSR count). The number of nitrogens with zero attached hydrogens (tertiary/aromatic N) is 2. The molecule has 0 spiro atoms. The zero-order valence-electron chi connectivity index (χ0n) is 23.2. The molecule has 3 aliphatic rings. The summed E-state index contributed by atoms with van der Waals surface area (Å²) in [5, 5.41) is 8.12. The molecular weight excluding hydrogens is 572 g/mol. The molecule has 3 fully saturated rings. The fourth-order valence-corrected chi connectivity index (χ4v) is 7.44. The van der Waals surface area contributed by atoms with E-state index in [2.05, 4.69) is 15.6 Å². The second-order valence-corrected chi connectivity index (χ2v) is 13.0. The van der Waals surface area contributed by atoms with Crippen molar-refractivity contribution >= 4 is 46.1 Å². The van der Waals surface area contributed by atoms with Crippen molar-refractivity contribution in [3.05, 3.63) is 71.1 Å². The molecule has 9 nitrogen and oxygen atoms in total. The third-order valence-corrected chi connectivity index (χ3v) is 9.85. The van der Waals surface area contributed by atoms with Gasteiger partial charge in [-0.3, -0.25) is 14.5 Å².